The first kappa shape index (κ1) is 11.4. The van der Waals surface area contributed by atoms with Crippen molar-refractivity contribution in [2.45, 2.75) is 50.3 Å². The van der Waals surface area contributed by atoms with E-state index in [1.165, 1.54) is 32.2 Å². The summed E-state index contributed by atoms with van der Waals surface area (Å²) in [4.78, 5) is 4.82. The first-order valence-corrected chi connectivity index (χ1v) is 6.27. The Morgan fingerprint density at radius 2 is 1.87 bits per heavy atom. The topological polar surface area (TPSA) is 26.7 Å². The summed E-state index contributed by atoms with van der Waals surface area (Å²) in [6.07, 6.45) is 5.90. The Hall–Kier alpha value is -0.120. The summed E-state index contributed by atoms with van der Waals surface area (Å²) in [5, 5.41) is 10.00. The molecule has 3 unspecified atom stereocenters. The number of rotatable bonds is 2. The molecule has 1 saturated heterocycles. The normalized spacial score (nSPS) is 38.8. The molecule has 0 aromatic carbocycles. The average Bonchev–Trinajstić information content (AvgIpc) is 2.67. The van der Waals surface area contributed by atoms with Crippen LogP contribution in [0.25, 0.3) is 0 Å². The van der Waals surface area contributed by atoms with E-state index in [2.05, 4.69) is 23.9 Å². The molecule has 1 N–H and O–H groups in total. The molecule has 15 heavy (non-hydrogen) atoms. The Bertz CT molecular complexity index is 208. The molecule has 3 atom stereocenters. The van der Waals surface area contributed by atoms with Crippen molar-refractivity contribution in [1.29, 1.82) is 0 Å². The van der Waals surface area contributed by atoms with Gasteiger partial charge < -0.3 is 10.0 Å². The minimum atomic E-state index is -0.0698. The molecule has 0 radical (unpaired) electrons. The predicted octanol–water partition coefficient (Wildman–Crippen LogP) is 0.926. The van der Waals surface area contributed by atoms with Gasteiger partial charge in [-0.3, -0.25) is 4.90 Å². The monoisotopic (exact) mass is 212 g/mol. The number of aliphatic hydroxyl groups excluding tert-OH is 1. The highest BCUT2D eigenvalue weighted by Crippen LogP contribution is 2.26. The lowest BCUT2D eigenvalue weighted by atomic mass is 9.91. The number of nitrogens with zero attached hydrogens (tertiary/aromatic N) is 2. The van der Waals surface area contributed by atoms with Crippen molar-refractivity contribution in [3.05, 3.63) is 0 Å². The Labute approximate surface area is 93.1 Å². The fourth-order valence-corrected chi connectivity index (χ4v) is 3.01. The van der Waals surface area contributed by atoms with Crippen LogP contribution in [0.4, 0.5) is 0 Å². The van der Waals surface area contributed by atoms with E-state index < -0.39 is 0 Å². The fraction of sp³-hybridized carbons (Fsp3) is 1.00. The molecule has 2 aliphatic rings. The molecule has 3 heteroatoms. The highest BCUT2D eigenvalue weighted by atomic mass is 16.3. The van der Waals surface area contributed by atoms with E-state index in [9.17, 15) is 5.11 Å². The summed E-state index contributed by atoms with van der Waals surface area (Å²) in [6.45, 7) is 2.32. The van der Waals surface area contributed by atoms with Gasteiger partial charge in [0, 0.05) is 25.2 Å². The number of likely N-dealkylation sites (N-methyl/N-ethyl adjacent to an activating group) is 1. The Kier molecular flexibility index (Phi) is 3.65. The average molecular weight is 212 g/mol. The lowest BCUT2D eigenvalue weighted by Gasteiger charge is -2.35. The third-order valence-corrected chi connectivity index (χ3v) is 4.09. The molecule has 1 aliphatic heterocycles. The van der Waals surface area contributed by atoms with Gasteiger partial charge in [-0.2, -0.15) is 0 Å². The summed E-state index contributed by atoms with van der Waals surface area (Å²) < 4.78 is 0. The van der Waals surface area contributed by atoms with E-state index in [1.807, 2.05) is 0 Å². The SMILES string of the molecule is CN(C)C1CCN(C2CCCCC2O)C1. The van der Waals surface area contributed by atoms with Crippen molar-refractivity contribution >= 4 is 0 Å². The zero-order valence-corrected chi connectivity index (χ0v) is 10.0. The maximum Gasteiger partial charge on any atom is 0.0695 e. The quantitative estimate of drug-likeness (QED) is 0.737. The van der Waals surface area contributed by atoms with Gasteiger partial charge in [0.15, 0.2) is 0 Å². The first-order valence-electron chi connectivity index (χ1n) is 6.27. The molecule has 1 aliphatic carbocycles. The van der Waals surface area contributed by atoms with Crippen molar-refractivity contribution in [2.24, 2.45) is 0 Å². The van der Waals surface area contributed by atoms with Crippen LogP contribution in [-0.2, 0) is 0 Å². The third kappa shape index (κ3) is 2.52. The molecule has 0 bridgehead atoms. The van der Waals surface area contributed by atoms with Crippen LogP contribution in [0, 0.1) is 0 Å². The lowest BCUT2D eigenvalue weighted by Crippen LogP contribution is -2.45. The van der Waals surface area contributed by atoms with E-state index in [4.69, 9.17) is 0 Å². The van der Waals surface area contributed by atoms with Crippen LogP contribution in [0.1, 0.15) is 32.1 Å². The second-order valence-electron chi connectivity index (χ2n) is 5.32. The second-order valence-corrected chi connectivity index (χ2v) is 5.32. The predicted molar refractivity (Wildman–Crippen MR) is 61.9 cm³/mol. The maximum absolute atomic E-state index is 10.00. The molecule has 2 rings (SSSR count). The number of aliphatic hydroxyl groups is 1. The number of hydrogen-bond donors (Lipinski definition) is 1. The summed E-state index contributed by atoms with van der Waals surface area (Å²) in [5.41, 5.74) is 0. The van der Waals surface area contributed by atoms with Crippen LogP contribution in [-0.4, -0.2) is 60.3 Å². The molecule has 2 fully saturated rings. The minimum Gasteiger partial charge on any atom is -0.391 e. The highest BCUT2D eigenvalue weighted by molar-refractivity contribution is 4.90. The van der Waals surface area contributed by atoms with Crippen LogP contribution in [0.3, 0.4) is 0 Å². The fourth-order valence-electron chi connectivity index (χ4n) is 3.01. The summed E-state index contributed by atoms with van der Waals surface area (Å²) >= 11 is 0. The molecule has 88 valence electrons. The van der Waals surface area contributed by atoms with Crippen LogP contribution >= 0.6 is 0 Å². The summed E-state index contributed by atoms with van der Waals surface area (Å²) in [5.74, 6) is 0. The van der Waals surface area contributed by atoms with Crippen LogP contribution < -0.4 is 0 Å². The standard InChI is InChI=1S/C12H24N2O/c1-13(2)10-7-8-14(9-10)11-5-3-4-6-12(11)15/h10-12,15H,3-9H2,1-2H3. The molecule has 0 aromatic heterocycles. The molecule has 0 amide bonds. The minimum absolute atomic E-state index is 0.0698. The van der Waals surface area contributed by atoms with Gasteiger partial charge in [-0.05, 0) is 33.4 Å². The van der Waals surface area contributed by atoms with Crippen molar-refractivity contribution in [3.63, 3.8) is 0 Å². The largest absolute Gasteiger partial charge is 0.391 e. The maximum atomic E-state index is 10.00. The van der Waals surface area contributed by atoms with Gasteiger partial charge in [0.25, 0.3) is 0 Å². The van der Waals surface area contributed by atoms with E-state index in [-0.39, 0.29) is 6.10 Å². The smallest absolute Gasteiger partial charge is 0.0695 e. The zero-order chi connectivity index (χ0) is 10.8. The molecule has 0 spiro atoms. The van der Waals surface area contributed by atoms with Gasteiger partial charge in [-0.15, -0.1) is 0 Å². The molecular formula is C12H24N2O. The molecular weight excluding hydrogens is 188 g/mol. The van der Waals surface area contributed by atoms with Crippen molar-refractivity contribution in [2.75, 3.05) is 27.2 Å². The van der Waals surface area contributed by atoms with E-state index in [0.717, 1.165) is 13.0 Å². The Morgan fingerprint density at radius 1 is 1.13 bits per heavy atom. The zero-order valence-electron chi connectivity index (χ0n) is 10.0. The molecule has 1 heterocycles. The molecule has 3 nitrogen and oxygen atoms in total. The van der Waals surface area contributed by atoms with E-state index >= 15 is 0 Å². The van der Waals surface area contributed by atoms with Gasteiger partial charge in [0.05, 0.1) is 6.10 Å². The number of hydrogen-bond acceptors (Lipinski definition) is 3. The highest BCUT2D eigenvalue weighted by Gasteiger charge is 2.34. The third-order valence-electron chi connectivity index (χ3n) is 4.09. The second kappa shape index (κ2) is 4.81. The first-order chi connectivity index (χ1) is 7.18. The van der Waals surface area contributed by atoms with Crippen LogP contribution in [0.5, 0.6) is 0 Å². The van der Waals surface area contributed by atoms with Crippen LogP contribution in [0.15, 0.2) is 0 Å². The lowest BCUT2D eigenvalue weighted by molar-refractivity contribution is 0.0285. The Morgan fingerprint density at radius 3 is 2.47 bits per heavy atom. The van der Waals surface area contributed by atoms with Gasteiger partial charge in [0.2, 0.25) is 0 Å². The van der Waals surface area contributed by atoms with Gasteiger partial charge in [-0.25, -0.2) is 0 Å². The molecule has 1 saturated carbocycles. The summed E-state index contributed by atoms with van der Waals surface area (Å²) in [6, 6.07) is 1.14. The van der Waals surface area contributed by atoms with Crippen LogP contribution in [0.2, 0.25) is 0 Å². The van der Waals surface area contributed by atoms with Crippen molar-refractivity contribution in [1.82, 2.24) is 9.80 Å². The van der Waals surface area contributed by atoms with Gasteiger partial charge in [0.1, 0.15) is 0 Å². The van der Waals surface area contributed by atoms with Crippen molar-refractivity contribution in [3.8, 4) is 0 Å². The number of likely N-dealkylation sites (tertiary alicyclic amines) is 1. The molecule has 0 aromatic rings. The van der Waals surface area contributed by atoms with Gasteiger partial charge >= 0.3 is 0 Å². The summed E-state index contributed by atoms with van der Waals surface area (Å²) in [7, 11) is 4.32. The van der Waals surface area contributed by atoms with Crippen molar-refractivity contribution < 1.29 is 5.11 Å². The van der Waals surface area contributed by atoms with Gasteiger partial charge in [-0.1, -0.05) is 12.8 Å². The Balaban J connectivity index is 1.89. The van der Waals surface area contributed by atoms with E-state index in [1.54, 1.807) is 0 Å². The van der Waals surface area contributed by atoms with E-state index in [0.29, 0.717) is 12.1 Å².